The lowest BCUT2D eigenvalue weighted by molar-refractivity contribution is -0.144. The van der Waals surface area contributed by atoms with E-state index in [2.05, 4.69) is 22.2 Å². The van der Waals surface area contributed by atoms with Crippen LogP contribution >= 0.6 is 0 Å². The lowest BCUT2D eigenvalue weighted by atomic mass is 9.85. The van der Waals surface area contributed by atoms with Crippen molar-refractivity contribution < 1.29 is 19.1 Å². The molecule has 1 saturated carbocycles. The van der Waals surface area contributed by atoms with Crippen molar-refractivity contribution >= 4 is 17.9 Å². The summed E-state index contributed by atoms with van der Waals surface area (Å²) in [5, 5.41) is 2.56. The molecule has 6 heteroatoms. The molecule has 1 heterocycles. The molecule has 5 unspecified atom stereocenters. The first-order valence-electron chi connectivity index (χ1n) is 6.98. The molecule has 1 aliphatic heterocycles. The molecule has 20 heavy (non-hydrogen) atoms. The molecule has 3 aliphatic rings. The van der Waals surface area contributed by atoms with Crippen LogP contribution in [0.5, 0.6) is 0 Å². The van der Waals surface area contributed by atoms with Crippen molar-refractivity contribution in [2.24, 2.45) is 23.7 Å². The van der Waals surface area contributed by atoms with Gasteiger partial charge in [0.1, 0.15) is 6.17 Å². The second kappa shape index (κ2) is 4.61. The summed E-state index contributed by atoms with van der Waals surface area (Å²) >= 11 is 0. The average Bonchev–Trinajstić information content (AvgIpc) is 3.11. The maximum Gasteiger partial charge on any atom is 0.408 e. The number of amides is 3. The minimum atomic E-state index is -0.629. The summed E-state index contributed by atoms with van der Waals surface area (Å²) in [4.78, 5) is 37.7. The van der Waals surface area contributed by atoms with Gasteiger partial charge in [-0.3, -0.25) is 14.5 Å². The van der Waals surface area contributed by atoms with Crippen LogP contribution in [0.2, 0.25) is 0 Å². The summed E-state index contributed by atoms with van der Waals surface area (Å²) in [6.07, 6.45) is 4.23. The number of allylic oxidation sites excluding steroid dienone is 2. The molecule has 1 N–H and O–H groups in total. The minimum Gasteiger partial charge on any atom is -0.453 e. The Hall–Kier alpha value is -1.85. The number of carbonyl (C=O) groups excluding carboxylic acids is 3. The van der Waals surface area contributed by atoms with Crippen molar-refractivity contribution in [3.05, 3.63) is 12.2 Å². The van der Waals surface area contributed by atoms with E-state index in [1.165, 1.54) is 12.0 Å². The zero-order chi connectivity index (χ0) is 14.4. The maximum atomic E-state index is 12.5. The summed E-state index contributed by atoms with van der Waals surface area (Å²) in [7, 11) is 1.26. The van der Waals surface area contributed by atoms with Crippen LogP contribution in [-0.4, -0.2) is 36.1 Å². The van der Waals surface area contributed by atoms with Gasteiger partial charge in [-0.25, -0.2) is 4.79 Å². The second-order valence-corrected chi connectivity index (χ2v) is 5.61. The fourth-order valence-electron chi connectivity index (χ4n) is 3.78. The Morgan fingerprint density at radius 1 is 1.35 bits per heavy atom. The number of ether oxygens (including phenoxy) is 1. The largest absolute Gasteiger partial charge is 0.453 e. The summed E-state index contributed by atoms with van der Waals surface area (Å²) in [5.74, 6) is -0.402. The van der Waals surface area contributed by atoms with E-state index in [0.717, 1.165) is 6.42 Å². The number of imide groups is 1. The molecule has 3 rings (SSSR count). The van der Waals surface area contributed by atoms with E-state index in [0.29, 0.717) is 6.42 Å². The zero-order valence-corrected chi connectivity index (χ0v) is 11.5. The molecule has 108 valence electrons. The van der Waals surface area contributed by atoms with Gasteiger partial charge in [0, 0.05) is 0 Å². The van der Waals surface area contributed by atoms with Crippen LogP contribution in [-0.2, 0) is 14.3 Å². The van der Waals surface area contributed by atoms with Crippen LogP contribution < -0.4 is 5.32 Å². The third-order valence-electron chi connectivity index (χ3n) is 4.67. The SMILES string of the molecule is CCC(NC(=O)OC)N1C(=O)C2C3C=CC(C3)C2C1=O. The highest BCUT2D eigenvalue weighted by molar-refractivity contribution is 6.06. The van der Waals surface area contributed by atoms with Gasteiger partial charge in [-0.2, -0.15) is 0 Å². The van der Waals surface area contributed by atoms with E-state index in [1.54, 1.807) is 0 Å². The number of fused-ring (bicyclic) bond motifs is 5. The highest BCUT2D eigenvalue weighted by atomic mass is 16.5. The molecule has 6 nitrogen and oxygen atoms in total. The second-order valence-electron chi connectivity index (χ2n) is 5.61. The van der Waals surface area contributed by atoms with Crippen LogP contribution in [0.1, 0.15) is 19.8 Å². The standard InChI is InChI=1S/C14H18N2O4/c1-3-9(15-14(19)20-2)16-12(17)10-7-4-5-8(6-7)11(10)13(16)18/h4-5,7-11H,3,6H2,1-2H3,(H,15,19). The third kappa shape index (κ3) is 1.67. The average molecular weight is 278 g/mol. The molecular formula is C14H18N2O4. The van der Waals surface area contributed by atoms with Crippen LogP contribution in [0.3, 0.4) is 0 Å². The first kappa shape index (κ1) is 13.1. The van der Waals surface area contributed by atoms with Gasteiger partial charge in [-0.05, 0) is 24.7 Å². The molecule has 0 aromatic heterocycles. The molecule has 3 amide bonds. The number of rotatable bonds is 3. The van der Waals surface area contributed by atoms with E-state index < -0.39 is 12.3 Å². The van der Waals surface area contributed by atoms with E-state index in [4.69, 9.17) is 0 Å². The first-order valence-corrected chi connectivity index (χ1v) is 6.98. The first-order chi connectivity index (χ1) is 9.58. The molecule has 0 aromatic rings. The quantitative estimate of drug-likeness (QED) is 0.614. The minimum absolute atomic E-state index is 0.153. The number of hydrogen-bond donors (Lipinski definition) is 1. The van der Waals surface area contributed by atoms with Crippen molar-refractivity contribution in [2.45, 2.75) is 25.9 Å². The van der Waals surface area contributed by atoms with Gasteiger partial charge in [0.05, 0.1) is 18.9 Å². The van der Waals surface area contributed by atoms with Crippen molar-refractivity contribution in [2.75, 3.05) is 7.11 Å². The molecular weight excluding hydrogens is 260 g/mol. The molecule has 0 aromatic carbocycles. The Bertz CT molecular complexity index is 471. The fraction of sp³-hybridized carbons (Fsp3) is 0.643. The van der Waals surface area contributed by atoms with E-state index in [9.17, 15) is 14.4 Å². The van der Waals surface area contributed by atoms with Gasteiger partial charge in [-0.15, -0.1) is 0 Å². The smallest absolute Gasteiger partial charge is 0.408 e. The predicted molar refractivity (Wildman–Crippen MR) is 69.2 cm³/mol. The Morgan fingerprint density at radius 3 is 2.35 bits per heavy atom. The Morgan fingerprint density at radius 2 is 1.90 bits per heavy atom. The van der Waals surface area contributed by atoms with E-state index in [-0.39, 0.29) is 35.5 Å². The zero-order valence-electron chi connectivity index (χ0n) is 11.5. The number of methoxy groups -OCH3 is 1. The van der Waals surface area contributed by atoms with E-state index in [1.807, 2.05) is 6.92 Å². The van der Waals surface area contributed by atoms with Crippen LogP contribution in [0, 0.1) is 23.7 Å². The molecule has 0 spiro atoms. The number of nitrogens with one attached hydrogen (secondary N) is 1. The van der Waals surface area contributed by atoms with Crippen LogP contribution in [0.4, 0.5) is 4.79 Å². The Kier molecular flexibility index (Phi) is 3.03. The van der Waals surface area contributed by atoms with Gasteiger partial charge < -0.3 is 10.1 Å². The van der Waals surface area contributed by atoms with E-state index >= 15 is 0 Å². The molecule has 2 fully saturated rings. The lowest BCUT2D eigenvalue weighted by Gasteiger charge is -2.27. The molecule has 2 bridgehead atoms. The van der Waals surface area contributed by atoms with Crippen molar-refractivity contribution in [1.82, 2.24) is 10.2 Å². The maximum absolute atomic E-state index is 12.5. The monoisotopic (exact) mass is 278 g/mol. The van der Waals surface area contributed by atoms with Crippen LogP contribution in [0.25, 0.3) is 0 Å². The van der Waals surface area contributed by atoms with Crippen LogP contribution in [0.15, 0.2) is 12.2 Å². The molecule has 2 aliphatic carbocycles. The van der Waals surface area contributed by atoms with Crippen molar-refractivity contribution in [3.8, 4) is 0 Å². The number of nitrogens with zero attached hydrogens (tertiary/aromatic N) is 1. The lowest BCUT2D eigenvalue weighted by Crippen LogP contribution is -2.51. The van der Waals surface area contributed by atoms with Gasteiger partial charge >= 0.3 is 6.09 Å². The Balaban J connectivity index is 1.83. The Labute approximate surface area is 117 Å². The fourth-order valence-corrected chi connectivity index (χ4v) is 3.78. The van der Waals surface area contributed by atoms with Crippen molar-refractivity contribution in [1.29, 1.82) is 0 Å². The highest BCUT2D eigenvalue weighted by Crippen LogP contribution is 2.52. The number of alkyl carbamates (subject to hydrolysis) is 1. The predicted octanol–water partition coefficient (Wildman–Crippen LogP) is 0.886. The third-order valence-corrected chi connectivity index (χ3v) is 4.67. The van der Waals surface area contributed by atoms with Gasteiger partial charge in [-0.1, -0.05) is 19.1 Å². The normalized spacial score (nSPS) is 35.4. The topological polar surface area (TPSA) is 75.7 Å². The number of likely N-dealkylation sites (tertiary alicyclic amines) is 1. The molecule has 0 radical (unpaired) electrons. The number of hydrogen-bond acceptors (Lipinski definition) is 4. The van der Waals surface area contributed by atoms with Gasteiger partial charge in [0.25, 0.3) is 0 Å². The highest BCUT2D eigenvalue weighted by Gasteiger charge is 2.60. The van der Waals surface area contributed by atoms with Gasteiger partial charge in [0.2, 0.25) is 11.8 Å². The molecule has 5 atom stereocenters. The summed E-state index contributed by atoms with van der Waals surface area (Å²) in [6, 6.07) is 0. The summed E-state index contributed by atoms with van der Waals surface area (Å²) in [5.41, 5.74) is 0. The van der Waals surface area contributed by atoms with Crippen molar-refractivity contribution in [3.63, 3.8) is 0 Å². The summed E-state index contributed by atoms with van der Waals surface area (Å²) in [6.45, 7) is 1.82. The summed E-state index contributed by atoms with van der Waals surface area (Å²) < 4.78 is 4.55. The number of carbonyl (C=O) groups is 3. The van der Waals surface area contributed by atoms with Gasteiger partial charge in [0.15, 0.2) is 0 Å². The molecule has 1 saturated heterocycles.